The van der Waals surface area contributed by atoms with Crippen molar-refractivity contribution >= 4 is 33.1 Å². The lowest BCUT2D eigenvalue weighted by Gasteiger charge is -2.07. The van der Waals surface area contributed by atoms with Crippen molar-refractivity contribution in [3.05, 3.63) is 82.7 Å². The molecule has 2 aromatic carbocycles. The van der Waals surface area contributed by atoms with Crippen LogP contribution in [-0.2, 0) is 11.3 Å². The number of nitrogens with one attached hydrogen (secondary N) is 1. The molecule has 26 heavy (non-hydrogen) atoms. The number of carbonyl (C=O) groups is 1. The molecule has 5 nitrogen and oxygen atoms in total. The van der Waals surface area contributed by atoms with E-state index >= 15 is 0 Å². The molecule has 0 fully saturated rings. The van der Waals surface area contributed by atoms with Crippen molar-refractivity contribution in [2.24, 2.45) is 0 Å². The number of aromatic nitrogens is 2. The van der Waals surface area contributed by atoms with Crippen LogP contribution in [0.3, 0.4) is 0 Å². The van der Waals surface area contributed by atoms with Crippen LogP contribution in [0.25, 0.3) is 21.3 Å². The molecule has 0 spiro atoms. The third kappa shape index (κ3) is 3.14. The second-order valence-electron chi connectivity index (χ2n) is 5.79. The fourth-order valence-corrected chi connectivity index (χ4v) is 3.69. The number of thiophene rings is 1. The van der Waals surface area contributed by atoms with Crippen molar-refractivity contribution in [2.45, 2.75) is 6.54 Å². The Bertz CT molecular complexity index is 1120. The summed E-state index contributed by atoms with van der Waals surface area (Å²) >= 11 is 1.43. The minimum atomic E-state index is -0.268. The van der Waals surface area contributed by atoms with Crippen molar-refractivity contribution in [3.63, 3.8) is 0 Å². The van der Waals surface area contributed by atoms with E-state index in [1.165, 1.54) is 22.2 Å². The molecule has 0 bridgehead atoms. The van der Waals surface area contributed by atoms with Crippen molar-refractivity contribution < 1.29 is 4.79 Å². The number of nitrogens with zero attached hydrogens (tertiary/aromatic N) is 2. The highest BCUT2D eigenvalue weighted by molar-refractivity contribution is 7.17. The van der Waals surface area contributed by atoms with Crippen LogP contribution < -0.4 is 10.9 Å². The maximum atomic E-state index is 12.9. The van der Waals surface area contributed by atoms with E-state index in [2.05, 4.69) is 10.3 Å². The van der Waals surface area contributed by atoms with Crippen molar-refractivity contribution in [1.82, 2.24) is 9.55 Å². The van der Waals surface area contributed by atoms with Crippen LogP contribution in [-0.4, -0.2) is 15.5 Å². The zero-order chi connectivity index (χ0) is 17.9. The first kappa shape index (κ1) is 16.2. The monoisotopic (exact) mass is 361 g/mol. The molecule has 2 heterocycles. The Hall–Kier alpha value is -3.25. The van der Waals surface area contributed by atoms with Gasteiger partial charge in [0.25, 0.3) is 5.56 Å². The van der Waals surface area contributed by atoms with Gasteiger partial charge in [0.2, 0.25) is 5.91 Å². The summed E-state index contributed by atoms with van der Waals surface area (Å²) < 4.78 is 1.35. The molecule has 0 aliphatic carbocycles. The maximum absolute atomic E-state index is 12.9. The van der Waals surface area contributed by atoms with E-state index in [-0.39, 0.29) is 18.0 Å². The SMILES string of the molecule is O=C(Cn1cnc2scc(-c3ccccc3)c2c1=O)Nc1ccccc1. The smallest absolute Gasteiger partial charge is 0.263 e. The standard InChI is InChI=1S/C20H15N3O2S/c24-17(22-15-9-5-2-6-10-15)11-23-13-21-19-18(20(23)25)16(12-26-19)14-7-3-1-4-8-14/h1-10,12-13H,11H2,(H,22,24). The van der Waals surface area contributed by atoms with Crippen LogP contribution in [0.1, 0.15) is 0 Å². The van der Waals surface area contributed by atoms with Gasteiger partial charge in [0, 0.05) is 16.6 Å². The van der Waals surface area contributed by atoms with Crippen molar-refractivity contribution in [1.29, 1.82) is 0 Å². The number of hydrogen-bond acceptors (Lipinski definition) is 4. The summed E-state index contributed by atoms with van der Waals surface area (Å²) in [5, 5.41) is 5.27. The molecular formula is C20H15N3O2S. The Morgan fingerprint density at radius 2 is 1.73 bits per heavy atom. The van der Waals surface area contributed by atoms with E-state index in [1.54, 1.807) is 12.1 Å². The predicted octanol–water partition coefficient (Wildman–Crippen LogP) is 3.76. The van der Waals surface area contributed by atoms with Crippen LogP contribution in [0.15, 0.2) is 77.2 Å². The molecule has 2 aromatic heterocycles. The number of benzene rings is 2. The minimum Gasteiger partial charge on any atom is -0.325 e. The van der Waals surface area contributed by atoms with Gasteiger partial charge in [0.15, 0.2) is 0 Å². The van der Waals surface area contributed by atoms with E-state index < -0.39 is 0 Å². The molecule has 0 saturated heterocycles. The molecule has 0 saturated carbocycles. The van der Waals surface area contributed by atoms with Crippen LogP contribution in [0.2, 0.25) is 0 Å². The molecule has 128 valence electrons. The molecule has 0 radical (unpaired) electrons. The van der Waals surface area contributed by atoms with E-state index in [1.807, 2.05) is 53.9 Å². The molecule has 4 aromatic rings. The summed E-state index contributed by atoms with van der Waals surface area (Å²) in [4.78, 5) is 30.2. The van der Waals surface area contributed by atoms with Gasteiger partial charge in [0.1, 0.15) is 11.4 Å². The van der Waals surface area contributed by atoms with Gasteiger partial charge < -0.3 is 5.32 Å². The first-order chi connectivity index (χ1) is 12.7. The Balaban J connectivity index is 1.67. The molecule has 0 atom stereocenters. The molecule has 6 heteroatoms. The van der Waals surface area contributed by atoms with Crippen molar-refractivity contribution in [2.75, 3.05) is 5.32 Å². The number of fused-ring (bicyclic) bond motifs is 1. The lowest BCUT2D eigenvalue weighted by atomic mass is 10.1. The average molecular weight is 361 g/mol. The van der Waals surface area contributed by atoms with Crippen LogP contribution in [0.4, 0.5) is 5.69 Å². The van der Waals surface area contributed by atoms with E-state index in [0.29, 0.717) is 15.9 Å². The molecule has 0 aliphatic heterocycles. The highest BCUT2D eigenvalue weighted by Crippen LogP contribution is 2.30. The molecule has 0 unspecified atom stereocenters. The number of carbonyl (C=O) groups excluding carboxylic acids is 1. The van der Waals surface area contributed by atoms with E-state index in [9.17, 15) is 9.59 Å². The van der Waals surface area contributed by atoms with Gasteiger partial charge in [-0.15, -0.1) is 11.3 Å². The minimum absolute atomic E-state index is 0.0826. The summed E-state index contributed by atoms with van der Waals surface area (Å²) in [5.41, 5.74) is 2.29. The summed E-state index contributed by atoms with van der Waals surface area (Å²) in [6.07, 6.45) is 1.43. The van der Waals surface area contributed by atoms with Gasteiger partial charge in [-0.2, -0.15) is 0 Å². The second kappa shape index (κ2) is 6.93. The summed E-state index contributed by atoms with van der Waals surface area (Å²) in [6, 6.07) is 18.9. The van der Waals surface area contributed by atoms with Crippen LogP contribution >= 0.6 is 11.3 Å². The summed E-state index contributed by atoms with van der Waals surface area (Å²) in [7, 11) is 0. The largest absolute Gasteiger partial charge is 0.325 e. The molecule has 4 rings (SSSR count). The lowest BCUT2D eigenvalue weighted by Crippen LogP contribution is -2.27. The van der Waals surface area contributed by atoms with Gasteiger partial charge in [-0.05, 0) is 17.7 Å². The Labute approximate surface area is 153 Å². The zero-order valence-electron chi connectivity index (χ0n) is 13.8. The number of anilines is 1. The first-order valence-electron chi connectivity index (χ1n) is 8.09. The van der Waals surface area contributed by atoms with Crippen molar-refractivity contribution in [3.8, 4) is 11.1 Å². The number of para-hydroxylation sites is 1. The number of hydrogen-bond donors (Lipinski definition) is 1. The topological polar surface area (TPSA) is 64.0 Å². The molecule has 1 amide bonds. The lowest BCUT2D eigenvalue weighted by molar-refractivity contribution is -0.116. The Kier molecular flexibility index (Phi) is 4.33. The Morgan fingerprint density at radius 3 is 2.46 bits per heavy atom. The summed E-state index contributed by atoms with van der Waals surface area (Å²) in [5.74, 6) is -0.268. The summed E-state index contributed by atoms with van der Waals surface area (Å²) in [6.45, 7) is -0.0826. The fraction of sp³-hybridized carbons (Fsp3) is 0.0500. The predicted molar refractivity (Wildman–Crippen MR) is 104 cm³/mol. The second-order valence-corrected chi connectivity index (χ2v) is 6.65. The quantitative estimate of drug-likeness (QED) is 0.602. The van der Waals surface area contributed by atoms with Gasteiger partial charge in [-0.3, -0.25) is 14.2 Å². The highest BCUT2D eigenvalue weighted by atomic mass is 32.1. The molecule has 0 aliphatic rings. The van der Waals surface area contributed by atoms with Gasteiger partial charge >= 0.3 is 0 Å². The Morgan fingerprint density at radius 1 is 1.04 bits per heavy atom. The van der Waals surface area contributed by atoms with E-state index in [4.69, 9.17) is 0 Å². The zero-order valence-corrected chi connectivity index (χ0v) is 14.6. The first-order valence-corrected chi connectivity index (χ1v) is 8.97. The maximum Gasteiger partial charge on any atom is 0.263 e. The van der Waals surface area contributed by atoms with Crippen LogP contribution in [0, 0.1) is 0 Å². The van der Waals surface area contributed by atoms with Gasteiger partial charge in [0.05, 0.1) is 11.7 Å². The highest BCUT2D eigenvalue weighted by Gasteiger charge is 2.14. The number of amides is 1. The van der Waals surface area contributed by atoms with E-state index in [0.717, 1.165) is 11.1 Å². The number of rotatable bonds is 4. The normalized spacial score (nSPS) is 10.8. The van der Waals surface area contributed by atoms with Gasteiger partial charge in [-0.25, -0.2) is 4.98 Å². The fourth-order valence-electron chi connectivity index (χ4n) is 2.79. The third-order valence-corrected chi connectivity index (χ3v) is 4.90. The average Bonchev–Trinajstić information content (AvgIpc) is 3.10. The third-order valence-electron chi connectivity index (χ3n) is 4.02. The molecule has 1 N–H and O–H groups in total. The molecular weight excluding hydrogens is 346 g/mol. The van der Waals surface area contributed by atoms with Gasteiger partial charge in [-0.1, -0.05) is 48.5 Å². The van der Waals surface area contributed by atoms with Crippen LogP contribution in [0.5, 0.6) is 0 Å².